The molecule has 1 saturated heterocycles. The quantitative estimate of drug-likeness (QED) is 0.477. The molecule has 3 aromatic carbocycles. The molecule has 3 aromatic rings. The Hall–Kier alpha value is -3.45. The molecule has 4 amide bonds. The number of nitrogens with zero attached hydrogens (tertiary/aromatic N) is 1. The summed E-state index contributed by atoms with van der Waals surface area (Å²) >= 11 is 3.41. The molecular weight excluding hydrogens is 436 g/mol. The third kappa shape index (κ3) is 3.40. The summed E-state index contributed by atoms with van der Waals surface area (Å²) in [5.41, 5.74) is 0.843. The molecule has 0 aliphatic carbocycles. The van der Waals surface area contributed by atoms with E-state index in [2.05, 4.69) is 21.2 Å². The van der Waals surface area contributed by atoms with Gasteiger partial charge in [-0.2, -0.15) is 0 Å². The van der Waals surface area contributed by atoms with Crippen molar-refractivity contribution in [2.24, 2.45) is 0 Å². The average Bonchev–Trinajstić information content (AvgIpc) is 2.72. The summed E-state index contributed by atoms with van der Waals surface area (Å²) in [5, 5.41) is 3.86. The Labute approximate surface area is 174 Å². The zero-order valence-corrected chi connectivity index (χ0v) is 16.9. The number of hydrogen-bond donors (Lipinski definition) is 1. The molecule has 0 unspecified atom stereocenters. The first kappa shape index (κ1) is 18.9. The predicted molar refractivity (Wildman–Crippen MR) is 114 cm³/mol. The predicted octanol–water partition coefficient (Wildman–Crippen LogP) is 4.28. The van der Waals surface area contributed by atoms with Crippen LogP contribution in [-0.4, -0.2) is 25.0 Å². The summed E-state index contributed by atoms with van der Waals surface area (Å²) in [5.74, 6) is -0.860. The van der Waals surface area contributed by atoms with Crippen LogP contribution >= 0.6 is 15.9 Å². The summed E-state index contributed by atoms with van der Waals surface area (Å²) < 4.78 is 5.89. The van der Waals surface area contributed by atoms with Gasteiger partial charge in [0, 0.05) is 9.86 Å². The van der Waals surface area contributed by atoms with E-state index in [1.54, 1.807) is 30.3 Å². The van der Waals surface area contributed by atoms with Crippen molar-refractivity contribution in [3.63, 3.8) is 0 Å². The van der Waals surface area contributed by atoms with Crippen molar-refractivity contribution in [3.05, 3.63) is 76.3 Å². The molecule has 4 rings (SSSR count). The number of anilines is 1. The highest BCUT2D eigenvalue weighted by Crippen LogP contribution is 2.31. The van der Waals surface area contributed by atoms with Crippen LogP contribution in [0.15, 0.2) is 70.7 Å². The number of urea groups is 1. The van der Waals surface area contributed by atoms with E-state index in [1.807, 2.05) is 30.3 Å². The van der Waals surface area contributed by atoms with E-state index in [0.717, 1.165) is 15.7 Å². The lowest BCUT2D eigenvalue weighted by atomic mass is 10.0. The third-order valence-electron chi connectivity index (χ3n) is 4.61. The van der Waals surface area contributed by atoms with Crippen LogP contribution in [0.25, 0.3) is 16.8 Å². The van der Waals surface area contributed by atoms with Crippen molar-refractivity contribution in [1.82, 2.24) is 5.32 Å². The van der Waals surface area contributed by atoms with Gasteiger partial charge in [0.1, 0.15) is 11.3 Å². The number of methoxy groups -OCH3 is 1. The van der Waals surface area contributed by atoms with Gasteiger partial charge in [-0.3, -0.25) is 14.9 Å². The fourth-order valence-corrected chi connectivity index (χ4v) is 3.56. The van der Waals surface area contributed by atoms with E-state index in [-0.39, 0.29) is 5.57 Å². The van der Waals surface area contributed by atoms with Crippen LogP contribution in [0.3, 0.4) is 0 Å². The number of nitrogens with one attached hydrogen (secondary N) is 1. The van der Waals surface area contributed by atoms with Gasteiger partial charge in [-0.25, -0.2) is 9.69 Å². The molecule has 144 valence electrons. The molecular formula is C22H15BrN2O4. The molecule has 0 atom stereocenters. The molecule has 0 aromatic heterocycles. The van der Waals surface area contributed by atoms with Crippen molar-refractivity contribution in [2.75, 3.05) is 12.0 Å². The topological polar surface area (TPSA) is 75.7 Å². The maximum atomic E-state index is 13.2. The van der Waals surface area contributed by atoms with E-state index >= 15 is 0 Å². The summed E-state index contributed by atoms with van der Waals surface area (Å²) in [6, 6.07) is 17.2. The first-order chi connectivity index (χ1) is 14.0. The number of fused-ring (bicyclic) bond motifs is 1. The first-order valence-electron chi connectivity index (χ1n) is 8.72. The number of hydrogen-bond acceptors (Lipinski definition) is 4. The van der Waals surface area contributed by atoms with Gasteiger partial charge in [-0.1, -0.05) is 52.3 Å². The minimum absolute atomic E-state index is 0.147. The van der Waals surface area contributed by atoms with Crippen LogP contribution in [-0.2, 0) is 9.59 Å². The fraction of sp³-hybridized carbons (Fsp3) is 0.0455. The number of barbiturate groups is 1. The number of ether oxygens (including phenoxy) is 1. The Bertz CT molecular complexity index is 1200. The van der Waals surface area contributed by atoms with Crippen LogP contribution in [0.4, 0.5) is 10.5 Å². The van der Waals surface area contributed by atoms with Crippen LogP contribution in [0.5, 0.6) is 5.75 Å². The maximum Gasteiger partial charge on any atom is 0.335 e. The monoisotopic (exact) mass is 450 g/mol. The molecule has 29 heavy (non-hydrogen) atoms. The van der Waals surface area contributed by atoms with Crippen LogP contribution in [0, 0.1) is 0 Å². The summed E-state index contributed by atoms with van der Waals surface area (Å²) in [6.07, 6.45) is 1.44. The highest BCUT2D eigenvalue weighted by atomic mass is 79.9. The Kier molecular flexibility index (Phi) is 4.90. The molecule has 0 saturated carbocycles. The second-order valence-electron chi connectivity index (χ2n) is 6.34. The second-order valence-corrected chi connectivity index (χ2v) is 7.20. The second kappa shape index (κ2) is 7.52. The van der Waals surface area contributed by atoms with Crippen LogP contribution in [0.1, 0.15) is 5.56 Å². The lowest BCUT2D eigenvalue weighted by molar-refractivity contribution is -0.122. The minimum Gasteiger partial charge on any atom is -0.497 e. The molecule has 1 aliphatic heterocycles. The van der Waals surface area contributed by atoms with Gasteiger partial charge in [0.05, 0.1) is 12.8 Å². The lowest BCUT2D eigenvalue weighted by Gasteiger charge is -2.27. The number of rotatable bonds is 3. The fourth-order valence-electron chi connectivity index (χ4n) is 3.19. The highest BCUT2D eigenvalue weighted by Gasteiger charge is 2.37. The van der Waals surface area contributed by atoms with Gasteiger partial charge in [-0.05, 0) is 41.3 Å². The number of amides is 4. The van der Waals surface area contributed by atoms with Gasteiger partial charge < -0.3 is 4.74 Å². The Morgan fingerprint density at radius 1 is 1.00 bits per heavy atom. The number of carbonyl (C=O) groups is 3. The Balaban J connectivity index is 1.83. The largest absolute Gasteiger partial charge is 0.497 e. The van der Waals surface area contributed by atoms with Gasteiger partial charge in [-0.15, -0.1) is 0 Å². The smallest absolute Gasteiger partial charge is 0.335 e. The van der Waals surface area contributed by atoms with Crippen LogP contribution < -0.4 is 15.0 Å². The number of benzene rings is 3. The van der Waals surface area contributed by atoms with E-state index in [4.69, 9.17) is 4.74 Å². The molecule has 1 aliphatic rings. The van der Waals surface area contributed by atoms with E-state index in [9.17, 15) is 14.4 Å². The highest BCUT2D eigenvalue weighted by molar-refractivity contribution is 9.10. The molecule has 1 fully saturated rings. The molecule has 1 heterocycles. The molecule has 7 heteroatoms. The Morgan fingerprint density at radius 3 is 2.55 bits per heavy atom. The number of imide groups is 2. The molecule has 6 nitrogen and oxygen atoms in total. The standard InChI is InChI=1S/C22H15BrN2O4/c1-29-15-9-10-18(23)14(11-15)12-17-20(26)24-22(28)25(21(17)27)19-8-4-6-13-5-2-3-7-16(13)19/h2-12H,1H3,(H,24,26,28)/b17-12-. The van der Waals surface area contributed by atoms with Crippen molar-refractivity contribution < 1.29 is 19.1 Å². The van der Waals surface area contributed by atoms with Crippen molar-refractivity contribution >= 4 is 56.3 Å². The summed E-state index contributed by atoms with van der Waals surface area (Å²) in [6.45, 7) is 0. The summed E-state index contributed by atoms with van der Waals surface area (Å²) in [4.78, 5) is 39.2. The maximum absolute atomic E-state index is 13.2. The third-order valence-corrected chi connectivity index (χ3v) is 5.33. The molecule has 0 radical (unpaired) electrons. The van der Waals surface area contributed by atoms with Crippen LogP contribution in [0.2, 0.25) is 0 Å². The SMILES string of the molecule is COc1ccc(Br)c(/C=C2/C(=O)NC(=O)N(c3cccc4ccccc34)C2=O)c1. The van der Waals surface area contributed by atoms with Gasteiger partial charge in [0.25, 0.3) is 11.8 Å². The molecule has 0 bridgehead atoms. The van der Waals surface area contributed by atoms with Crippen molar-refractivity contribution in [2.45, 2.75) is 0 Å². The number of halogens is 1. The zero-order valence-electron chi connectivity index (χ0n) is 15.3. The van der Waals surface area contributed by atoms with Gasteiger partial charge >= 0.3 is 6.03 Å². The van der Waals surface area contributed by atoms with E-state index in [1.165, 1.54) is 13.2 Å². The molecule has 1 N–H and O–H groups in total. The van der Waals surface area contributed by atoms with E-state index in [0.29, 0.717) is 21.5 Å². The normalized spacial score (nSPS) is 15.7. The Morgan fingerprint density at radius 2 is 1.76 bits per heavy atom. The molecule has 0 spiro atoms. The zero-order chi connectivity index (χ0) is 20.5. The number of carbonyl (C=O) groups excluding carboxylic acids is 3. The van der Waals surface area contributed by atoms with Gasteiger partial charge in [0.15, 0.2) is 0 Å². The average molecular weight is 451 g/mol. The van der Waals surface area contributed by atoms with Crippen molar-refractivity contribution in [3.8, 4) is 5.75 Å². The first-order valence-corrected chi connectivity index (χ1v) is 9.51. The van der Waals surface area contributed by atoms with Crippen molar-refractivity contribution in [1.29, 1.82) is 0 Å². The van der Waals surface area contributed by atoms with Gasteiger partial charge in [0.2, 0.25) is 0 Å². The lowest BCUT2D eigenvalue weighted by Crippen LogP contribution is -2.54. The van der Waals surface area contributed by atoms with E-state index < -0.39 is 17.8 Å². The minimum atomic E-state index is -0.779. The summed E-state index contributed by atoms with van der Waals surface area (Å²) in [7, 11) is 1.53.